The number of rotatable bonds is 3. The molecule has 2 rings (SSSR count). The molecular weight excluding hydrogens is 348 g/mol. The molecule has 1 fully saturated rings. The number of benzene rings is 1. The maximum atomic E-state index is 10.3. The molecule has 1 aliphatic heterocycles. The molecule has 1 aromatic rings. The van der Waals surface area contributed by atoms with E-state index in [9.17, 15) is 5.11 Å². The summed E-state index contributed by atoms with van der Waals surface area (Å²) in [4.78, 5) is 0. The topological polar surface area (TPSA) is 29.5 Å². The molecule has 0 radical (unpaired) electrons. The predicted molar refractivity (Wildman–Crippen MR) is 75.0 cm³/mol. The van der Waals surface area contributed by atoms with E-state index >= 15 is 0 Å². The van der Waals surface area contributed by atoms with Crippen LogP contribution in [0.15, 0.2) is 27.1 Å². The lowest BCUT2D eigenvalue weighted by Crippen LogP contribution is -2.18. The minimum absolute atomic E-state index is 0.388. The molecule has 1 unspecified atom stereocenters. The highest BCUT2D eigenvalue weighted by Gasteiger charge is 2.20. The number of hydrogen-bond donors (Lipinski definition) is 1. The molecule has 1 saturated heterocycles. The lowest BCUT2D eigenvalue weighted by Gasteiger charge is -2.24. The Morgan fingerprint density at radius 2 is 2.00 bits per heavy atom. The molecule has 4 heteroatoms. The summed E-state index contributed by atoms with van der Waals surface area (Å²) in [6.45, 7) is 1.66. The Morgan fingerprint density at radius 1 is 1.29 bits per heavy atom. The molecule has 0 aliphatic carbocycles. The Labute approximate surface area is 119 Å². The summed E-state index contributed by atoms with van der Waals surface area (Å²) in [5.41, 5.74) is 0.972. The summed E-state index contributed by atoms with van der Waals surface area (Å²) in [6.07, 6.45) is 2.56. The van der Waals surface area contributed by atoms with E-state index in [-0.39, 0.29) is 6.10 Å². The quantitative estimate of drug-likeness (QED) is 0.877. The van der Waals surface area contributed by atoms with E-state index in [1.54, 1.807) is 0 Å². The van der Waals surface area contributed by atoms with Crippen molar-refractivity contribution in [2.75, 3.05) is 13.2 Å². The van der Waals surface area contributed by atoms with Crippen LogP contribution in [0.5, 0.6) is 0 Å². The average molecular weight is 364 g/mol. The van der Waals surface area contributed by atoms with Crippen LogP contribution in [0.1, 0.15) is 30.9 Å². The first kappa shape index (κ1) is 13.5. The standard InChI is InChI=1S/C13H16Br2O2/c14-10-1-2-11(12(15)8-10)13(16)7-9-3-5-17-6-4-9/h1-2,8-9,13,16H,3-7H2. The summed E-state index contributed by atoms with van der Waals surface area (Å²) < 4.78 is 7.31. The number of aliphatic hydroxyl groups excluding tert-OH is 1. The number of hydrogen-bond acceptors (Lipinski definition) is 2. The molecule has 17 heavy (non-hydrogen) atoms. The van der Waals surface area contributed by atoms with E-state index in [1.165, 1.54) is 0 Å². The van der Waals surface area contributed by atoms with Gasteiger partial charge in [-0.05, 0) is 42.9 Å². The molecule has 1 heterocycles. The molecule has 0 bridgehead atoms. The molecule has 0 aromatic heterocycles. The normalized spacial score (nSPS) is 19.2. The van der Waals surface area contributed by atoms with Gasteiger partial charge in [0.25, 0.3) is 0 Å². The zero-order chi connectivity index (χ0) is 12.3. The maximum Gasteiger partial charge on any atom is 0.0803 e. The fourth-order valence-electron chi connectivity index (χ4n) is 2.20. The Morgan fingerprint density at radius 3 is 2.65 bits per heavy atom. The zero-order valence-corrected chi connectivity index (χ0v) is 12.7. The fraction of sp³-hybridized carbons (Fsp3) is 0.538. The minimum Gasteiger partial charge on any atom is -0.388 e. The molecule has 1 aliphatic rings. The molecule has 94 valence electrons. The molecule has 1 atom stereocenters. The van der Waals surface area contributed by atoms with Crippen LogP contribution in [0.4, 0.5) is 0 Å². The first-order valence-corrected chi connectivity index (χ1v) is 7.46. The van der Waals surface area contributed by atoms with Crippen molar-refractivity contribution >= 4 is 31.9 Å². The van der Waals surface area contributed by atoms with Crippen LogP contribution in [0.3, 0.4) is 0 Å². The van der Waals surface area contributed by atoms with Crippen molar-refractivity contribution in [3.05, 3.63) is 32.7 Å². The van der Waals surface area contributed by atoms with Gasteiger partial charge in [-0.2, -0.15) is 0 Å². The highest BCUT2D eigenvalue weighted by atomic mass is 79.9. The third kappa shape index (κ3) is 3.78. The van der Waals surface area contributed by atoms with Gasteiger partial charge in [0.1, 0.15) is 0 Å². The number of halogens is 2. The van der Waals surface area contributed by atoms with E-state index in [0.717, 1.165) is 47.0 Å². The molecular formula is C13H16Br2O2. The van der Waals surface area contributed by atoms with Crippen LogP contribution >= 0.6 is 31.9 Å². The zero-order valence-electron chi connectivity index (χ0n) is 9.53. The molecule has 0 spiro atoms. The Bertz CT molecular complexity index is 376. The van der Waals surface area contributed by atoms with E-state index < -0.39 is 0 Å². The van der Waals surface area contributed by atoms with Crippen molar-refractivity contribution in [3.63, 3.8) is 0 Å². The number of ether oxygens (including phenoxy) is 1. The van der Waals surface area contributed by atoms with Crippen molar-refractivity contribution in [3.8, 4) is 0 Å². The van der Waals surface area contributed by atoms with Gasteiger partial charge in [0.05, 0.1) is 6.10 Å². The first-order chi connectivity index (χ1) is 8.16. The Hall–Kier alpha value is 0.1000. The van der Waals surface area contributed by atoms with Gasteiger partial charge in [-0.3, -0.25) is 0 Å². The first-order valence-electron chi connectivity index (χ1n) is 5.87. The van der Waals surface area contributed by atoms with Crippen LogP contribution in [0.25, 0.3) is 0 Å². The second-order valence-corrected chi connectivity index (χ2v) is 6.24. The summed E-state index contributed by atoms with van der Waals surface area (Å²) in [5, 5.41) is 10.3. The monoisotopic (exact) mass is 362 g/mol. The van der Waals surface area contributed by atoms with E-state index in [2.05, 4.69) is 31.9 Å². The van der Waals surface area contributed by atoms with Gasteiger partial charge in [0, 0.05) is 22.2 Å². The van der Waals surface area contributed by atoms with Crippen LogP contribution in [-0.4, -0.2) is 18.3 Å². The van der Waals surface area contributed by atoms with Gasteiger partial charge in [-0.15, -0.1) is 0 Å². The van der Waals surface area contributed by atoms with E-state index in [0.29, 0.717) is 5.92 Å². The highest BCUT2D eigenvalue weighted by Crippen LogP contribution is 2.32. The van der Waals surface area contributed by atoms with Gasteiger partial charge in [-0.25, -0.2) is 0 Å². The largest absolute Gasteiger partial charge is 0.388 e. The van der Waals surface area contributed by atoms with Crippen molar-refractivity contribution < 1.29 is 9.84 Å². The molecule has 0 amide bonds. The smallest absolute Gasteiger partial charge is 0.0803 e. The van der Waals surface area contributed by atoms with Crippen molar-refractivity contribution in [2.24, 2.45) is 5.92 Å². The lowest BCUT2D eigenvalue weighted by molar-refractivity contribution is 0.0434. The summed E-state index contributed by atoms with van der Waals surface area (Å²) in [7, 11) is 0. The number of aliphatic hydroxyl groups is 1. The van der Waals surface area contributed by atoms with Crippen LogP contribution < -0.4 is 0 Å². The predicted octanol–water partition coefficient (Wildman–Crippen LogP) is 4.06. The van der Waals surface area contributed by atoms with Crippen LogP contribution in [0, 0.1) is 5.92 Å². The summed E-state index contributed by atoms with van der Waals surface area (Å²) in [6, 6.07) is 5.91. The van der Waals surface area contributed by atoms with Crippen molar-refractivity contribution in [1.29, 1.82) is 0 Å². The maximum absolute atomic E-state index is 10.3. The van der Waals surface area contributed by atoms with E-state index in [1.807, 2.05) is 18.2 Å². The van der Waals surface area contributed by atoms with Crippen LogP contribution in [-0.2, 0) is 4.74 Å². The lowest BCUT2D eigenvalue weighted by atomic mass is 9.91. The third-order valence-corrected chi connectivity index (χ3v) is 4.40. The van der Waals surface area contributed by atoms with Gasteiger partial charge in [0.2, 0.25) is 0 Å². The second kappa shape index (κ2) is 6.32. The van der Waals surface area contributed by atoms with Crippen molar-refractivity contribution in [1.82, 2.24) is 0 Å². The van der Waals surface area contributed by atoms with Gasteiger partial charge < -0.3 is 9.84 Å². The SMILES string of the molecule is OC(CC1CCOCC1)c1ccc(Br)cc1Br. The third-order valence-electron chi connectivity index (χ3n) is 3.22. The van der Waals surface area contributed by atoms with E-state index in [4.69, 9.17) is 4.74 Å². The van der Waals surface area contributed by atoms with Gasteiger partial charge in [-0.1, -0.05) is 37.9 Å². The summed E-state index contributed by atoms with van der Waals surface area (Å²) in [5.74, 6) is 0.578. The van der Waals surface area contributed by atoms with Crippen LogP contribution in [0.2, 0.25) is 0 Å². The molecule has 0 saturated carbocycles. The Kier molecular flexibility index (Phi) is 5.03. The van der Waals surface area contributed by atoms with Crippen molar-refractivity contribution in [2.45, 2.75) is 25.4 Å². The average Bonchev–Trinajstić information content (AvgIpc) is 2.30. The molecule has 2 nitrogen and oxygen atoms in total. The molecule has 1 aromatic carbocycles. The Balaban J connectivity index is 2.00. The molecule has 1 N–H and O–H groups in total. The fourth-order valence-corrected chi connectivity index (χ4v) is 3.51. The highest BCUT2D eigenvalue weighted by molar-refractivity contribution is 9.11. The van der Waals surface area contributed by atoms with Gasteiger partial charge in [0.15, 0.2) is 0 Å². The minimum atomic E-state index is -0.388. The second-order valence-electron chi connectivity index (χ2n) is 4.47. The van der Waals surface area contributed by atoms with Gasteiger partial charge >= 0.3 is 0 Å². The summed E-state index contributed by atoms with van der Waals surface area (Å²) >= 11 is 6.91.